The van der Waals surface area contributed by atoms with E-state index in [1.165, 1.54) is 24.8 Å². The van der Waals surface area contributed by atoms with Crippen molar-refractivity contribution in [1.82, 2.24) is 0 Å². The first-order valence-corrected chi connectivity index (χ1v) is 10.2. The zero-order valence-corrected chi connectivity index (χ0v) is 13.1. The van der Waals surface area contributed by atoms with Crippen LogP contribution in [0, 0.1) is 0 Å². The van der Waals surface area contributed by atoms with Gasteiger partial charge in [0.1, 0.15) is 0 Å². The monoisotopic (exact) mass is 266 g/mol. The van der Waals surface area contributed by atoms with Gasteiger partial charge in [-0.25, -0.2) is 0 Å². The lowest BCUT2D eigenvalue weighted by Gasteiger charge is -2.48. The van der Waals surface area contributed by atoms with Crippen LogP contribution in [0.1, 0.15) is 32.1 Å². The van der Waals surface area contributed by atoms with Crippen LogP contribution in [-0.4, -0.2) is 27.6 Å². The number of methoxy groups -OCH3 is 1. The maximum absolute atomic E-state index is 6.64. The van der Waals surface area contributed by atoms with Crippen LogP contribution in [0.2, 0.25) is 19.1 Å². The molecule has 1 aliphatic heterocycles. The van der Waals surface area contributed by atoms with Crippen molar-refractivity contribution in [3.05, 3.63) is 23.8 Å². The third-order valence-electron chi connectivity index (χ3n) is 4.12. The fraction of sp³-hybridized carbons (Fsp3) is 0.733. The van der Waals surface area contributed by atoms with E-state index in [2.05, 4.69) is 25.7 Å². The predicted octanol–water partition coefficient (Wildman–Crippen LogP) is 4.05. The third kappa shape index (κ3) is 2.78. The highest BCUT2D eigenvalue weighted by atomic mass is 28.4. The summed E-state index contributed by atoms with van der Waals surface area (Å²) in [5.41, 5.74) is 2.43. The maximum Gasteiger partial charge on any atom is 0.191 e. The molecule has 0 saturated heterocycles. The summed E-state index contributed by atoms with van der Waals surface area (Å²) in [4.78, 5) is 0. The third-order valence-corrected chi connectivity index (χ3v) is 6.25. The average molecular weight is 266 g/mol. The van der Waals surface area contributed by atoms with Crippen LogP contribution in [0.4, 0.5) is 0 Å². The molecule has 3 heteroatoms. The maximum atomic E-state index is 6.64. The van der Waals surface area contributed by atoms with E-state index in [-0.39, 0.29) is 5.60 Å². The van der Waals surface area contributed by atoms with E-state index >= 15 is 0 Å². The van der Waals surface area contributed by atoms with Gasteiger partial charge in [0, 0.05) is 7.11 Å². The molecule has 1 fully saturated rings. The van der Waals surface area contributed by atoms with Crippen molar-refractivity contribution >= 4 is 8.32 Å². The highest BCUT2D eigenvalue weighted by Gasteiger charge is 2.45. The number of hydrogen-bond donors (Lipinski definition) is 0. The van der Waals surface area contributed by atoms with Crippen molar-refractivity contribution in [3.63, 3.8) is 0 Å². The van der Waals surface area contributed by atoms with Gasteiger partial charge in [-0.05, 0) is 43.1 Å². The van der Waals surface area contributed by atoms with Gasteiger partial charge in [-0.3, -0.25) is 0 Å². The zero-order valence-electron chi connectivity index (χ0n) is 12.1. The van der Waals surface area contributed by atoms with Crippen molar-refractivity contribution < 1.29 is 9.16 Å². The Balaban J connectivity index is 2.28. The van der Waals surface area contributed by atoms with Gasteiger partial charge in [0.2, 0.25) is 0 Å². The van der Waals surface area contributed by atoms with Crippen molar-refractivity contribution in [2.45, 2.75) is 56.8 Å². The molecule has 0 bridgehead atoms. The molecule has 2 aliphatic rings. The van der Waals surface area contributed by atoms with Crippen molar-refractivity contribution in [3.8, 4) is 0 Å². The molecule has 1 aliphatic carbocycles. The van der Waals surface area contributed by atoms with Crippen LogP contribution in [0.5, 0.6) is 0 Å². The van der Waals surface area contributed by atoms with E-state index in [0.29, 0.717) is 6.61 Å². The minimum absolute atomic E-state index is 0.0260. The Morgan fingerprint density at radius 3 is 2.67 bits per heavy atom. The summed E-state index contributed by atoms with van der Waals surface area (Å²) < 4.78 is 11.9. The molecule has 0 atom stereocenters. The molecule has 102 valence electrons. The largest absolute Gasteiger partial charge is 0.408 e. The van der Waals surface area contributed by atoms with Crippen molar-refractivity contribution in [1.29, 1.82) is 0 Å². The number of hydrogen-bond acceptors (Lipinski definition) is 2. The number of ether oxygens (including phenoxy) is 1. The van der Waals surface area contributed by atoms with Crippen LogP contribution < -0.4 is 0 Å². The normalized spacial score (nSPS) is 25.8. The fourth-order valence-electron chi connectivity index (χ4n) is 3.37. The lowest BCUT2D eigenvalue weighted by atomic mass is 9.77. The molecule has 0 aromatic carbocycles. The van der Waals surface area contributed by atoms with Crippen LogP contribution in [-0.2, 0) is 9.16 Å². The fourth-order valence-corrected chi connectivity index (χ4v) is 5.52. The summed E-state index contributed by atoms with van der Waals surface area (Å²) >= 11 is 0. The van der Waals surface area contributed by atoms with Gasteiger partial charge < -0.3 is 9.16 Å². The van der Waals surface area contributed by atoms with E-state index in [1.807, 2.05) is 0 Å². The quantitative estimate of drug-likeness (QED) is 0.717. The Morgan fingerprint density at radius 1 is 1.39 bits per heavy atom. The topological polar surface area (TPSA) is 18.5 Å². The van der Waals surface area contributed by atoms with Gasteiger partial charge in [-0.15, -0.1) is 0 Å². The van der Waals surface area contributed by atoms with E-state index in [1.54, 1.807) is 7.11 Å². The van der Waals surface area contributed by atoms with E-state index in [0.717, 1.165) is 24.5 Å². The first-order valence-electron chi connectivity index (χ1n) is 7.07. The van der Waals surface area contributed by atoms with Crippen LogP contribution in [0.3, 0.4) is 0 Å². The first kappa shape index (κ1) is 14.0. The molecule has 1 spiro atoms. The van der Waals surface area contributed by atoms with Crippen LogP contribution in [0.25, 0.3) is 0 Å². The molecule has 2 rings (SSSR count). The summed E-state index contributed by atoms with van der Waals surface area (Å²) in [6, 6.07) is 1.10. The summed E-state index contributed by atoms with van der Waals surface area (Å²) in [5, 5.41) is 0. The lowest BCUT2D eigenvalue weighted by molar-refractivity contribution is 0.0527. The van der Waals surface area contributed by atoms with Gasteiger partial charge in [-0.2, -0.15) is 0 Å². The van der Waals surface area contributed by atoms with Gasteiger partial charge >= 0.3 is 0 Å². The second-order valence-electron chi connectivity index (χ2n) is 6.28. The van der Waals surface area contributed by atoms with Crippen LogP contribution >= 0.6 is 0 Å². The van der Waals surface area contributed by atoms with Crippen molar-refractivity contribution in [2.24, 2.45) is 0 Å². The molecule has 0 radical (unpaired) electrons. The molecule has 18 heavy (non-hydrogen) atoms. The lowest BCUT2D eigenvalue weighted by Crippen LogP contribution is -2.50. The molecular formula is C15H26O2Si. The molecule has 2 nitrogen and oxygen atoms in total. The summed E-state index contributed by atoms with van der Waals surface area (Å²) in [6.45, 7) is 9.49. The molecular weight excluding hydrogens is 240 g/mol. The SMILES string of the molecule is C=C(COC)C1=CC[Si](C)(C)OC12CCCCC2. The first-order chi connectivity index (χ1) is 8.49. The highest BCUT2D eigenvalue weighted by Crippen LogP contribution is 2.45. The Labute approximate surface area is 112 Å². The summed E-state index contributed by atoms with van der Waals surface area (Å²) in [5.74, 6) is 0. The zero-order chi connectivity index (χ0) is 13.2. The van der Waals surface area contributed by atoms with E-state index in [9.17, 15) is 0 Å². The number of allylic oxidation sites excluding steroid dienone is 1. The molecule has 0 amide bonds. The average Bonchev–Trinajstić information content (AvgIpc) is 2.28. The minimum Gasteiger partial charge on any atom is -0.408 e. The van der Waals surface area contributed by atoms with Crippen LogP contribution in [0.15, 0.2) is 23.8 Å². The second kappa shape index (κ2) is 5.31. The predicted molar refractivity (Wildman–Crippen MR) is 78.3 cm³/mol. The highest BCUT2D eigenvalue weighted by molar-refractivity contribution is 6.72. The Kier molecular flexibility index (Phi) is 4.14. The van der Waals surface area contributed by atoms with Gasteiger partial charge in [0.05, 0.1) is 12.2 Å². The minimum atomic E-state index is -1.52. The molecule has 1 heterocycles. The Hall–Kier alpha value is -0.383. The number of rotatable bonds is 3. The summed E-state index contributed by atoms with van der Waals surface area (Å²) in [6.07, 6.45) is 8.64. The van der Waals surface area contributed by atoms with Crippen molar-refractivity contribution in [2.75, 3.05) is 13.7 Å². The van der Waals surface area contributed by atoms with Gasteiger partial charge in [-0.1, -0.05) is 31.9 Å². The van der Waals surface area contributed by atoms with Gasteiger partial charge in [0.25, 0.3) is 0 Å². The molecule has 0 unspecified atom stereocenters. The molecule has 0 N–H and O–H groups in total. The molecule has 0 aromatic rings. The Bertz CT molecular complexity index is 352. The van der Waals surface area contributed by atoms with E-state index < -0.39 is 8.32 Å². The molecule has 1 saturated carbocycles. The Morgan fingerprint density at radius 2 is 2.06 bits per heavy atom. The second-order valence-corrected chi connectivity index (χ2v) is 10.4. The van der Waals surface area contributed by atoms with Gasteiger partial charge in [0.15, 0.2) is 8.32 Å². The smallest absolute Gasteiger partial charge is 0.191 e. The molecule has 0 aromatic heterocycles. The van der Waals surface area contributed by atoms with E-state index in [4.69, 9.17) is 9.16 Å². The standard InChI is InChI=1S/C15H26O2Si/c1-13(12-16-2)14-8-11-18(3,4)17-15(14)9-6-5-7-10-15/h8H,1,5-7,9-12H2,2-4H3. The summed E-state index contributed by atoms with van der Waals surface area (Å²) in [7, 11) is 0.219.